The molecule has 1 aromatic rings. The number of aromatic nitrogens is 2. The van der Waals surface area contributed by atoms with Gasteiger partial charge in [-0.25, -0.2) is 0 Å². The molecule has 0 saturated carbocycles. The third-order valence-corrected chi connectivity index (χ3v) is 3.41. The van der Waals surface area contributed by atoms with Crippen LogP contribution in [-0.2, 0) is 13.0 Å². The Kier molecular flexibility index (Phi) is 2.82. The molecular weight excluding hydrogens is 218 g/mol. The van der Waals surface area contributed by atoms with E-state index in [0.29, 0.717) is 5.69 Å². The molecule has 0 aromatic carbocycles. The van der Waals surface area contributed by atoms with Gasteiger partial charge in [0.2, 0.25) is 0 Å². The summed E-state index contributed by atoms with van der Waals surface area (Å²) in [7, 11) is 0. The van der Waals surface area contributed by atoms with Crippen molar-refractivity contribution < 1.29 is 4.79 Å². The second kappa shape index (κ2) is 4.46. The summed E-state index contributed by atoms with van der Waals surface area (Å²) >= 11 is 0. The van der Waals surface area contributed by atoms with Gasteiger partial charge < -0.3 is 15.5 Å². The van der Waals surface area contributed by atoms with E-state index in [1.165, 1.54) is 0 Å². The highest BCUT2D eigenvalue weighted by Crippen LogP contribution is 2.17. The highest BCUT2D eigenvalue weighted by atomic mass is 16.2. The molecular formula is C11H17N5O. The lowest BCUT2D eigenvalue weighted by Gasteiger charge is -2.27. The molecule has 0 spiro atoms. The van der Waals surface area contributed by atoms with Gasteiger partial charge in [0.05, 0.1) is 0 Å². The van der Waals surface area contributed by atoms with Gasteiger partial charge in [0.1, 0.15) is 0 Å². The first-order valence-corrected chi connectivity index (χ1v) is 6.13. The lowest BCUT2D eigenvalue weighted by atomic mass is 10.1. The van der Waals surface area contributed by atoms with Gasteiger partial charge in [-0.3, -0.25) is 9.89 Å². The average molecular weight is 235 g/mol. The van der Waals surface area contributed by atoms with Gasteiger partial charge in [-0.2, -0.15) is 5.10 Å². The minimum absolute atomic E-state index is 0.0627. The van der Waals surface area contributed by atoms with Crippen LogP contribution in [0.2, 0.25) is 0 Å². The molecule has 2 aliphatic rings. The molecule has 0 aliphatic carbocycles. The van der Waals surface area contributed by atoms with Gasteiger partial charge in [-0.15, -0.1) is 0 Å². The molecule has 6 heteroatoms. The van der Waals surface area contributed by atoms with Crippen molar-refractivity contribution in [2.75, 3.05) is 32.7 Å². The Bertz CT molecular complexity index is 421. The van der Waals surface area contributed by atoms with Crippen molar-refractivity contribution >= 4 is 5.91 Å². The summed E-state index contributed by atoms with van der Waals surface area (Å²) in [6.45, 7) is 4.99. The minimum Gasteiger partial charge on any atom is -0.335 e. The van der Waals surface area contributed by atoms with Crippen LogP contribution in [0.25, 0.3) is 0 Å². The number of hydrogen-bond donors (Lipinski definition) is 3. The van der Waals surface area contributed by atoms with Crippen molar-refractivity contribution in [1.82, 2.24) is 25.7 Å². The molecule has 1 aromatic heterocycles. The van der Waals surface area contributed by atoms with E-state index in [1.54, 1.807) is 0 Å². The number of nitrogens with zero attached hydrogens (tertiary/aromatic N) is 2. The zero-order valence-electron chi connectivity index (χ0n) is 9.75. The molecule has 3 rings (SSSR count). The molecule has 1 amide bonds. The Labute approximate surface area is 99.8 Å². The van der Waals surface area contributed by atoms with Crippen molar-refractivity contribution in [1.29, 1.82) is 0 Å². The first-order valence-electron chi connectivity index (χ1n) is 6.13. The van der Waals surface area contributed by atoms with Crippen molar-refractivity contribution in [2.45, 2.75) is 13.0 Å². The zero-order chi connectivity index (χ0) is 11.7. The predicted octanol–water partition coefficient (Wildman–Crippen LogP) is -0.899. The van der Waals surface area contributed by atoms with Crippen molar-refractivity contribution in [3.63, 3.8) is 0 Å². The van der Waals surface area contributed by atoms with Crippen LogP contribution in [0.15, 0.2) is 0 Å². The zero-order valence-corrected chi connectivity index (χ0v) is 9.75. The van der Waals surface area contributed by atoms with Gasteiger partial charge >= 0.3 is 0 Å². The predicted molar refractivity (Wildman–Crippen MR) is 62.8 cm³/mol. The van der Waals surface area contributed by atoms with Crippen LogP contribution in [0.5, 0.6) is 0 Å². The maximum Gasteiger partial charge on any atom is 0.274 e. The number of carbonyl (C=O) groups is 1. The molecule has 0 radical (unpaired) electrons. The summed E-state index contributed by atoms with van der Waals surface area (Å²) < 4.78 is 0. The number of fused-ring (bicyclic) bond motifs is 1. The van der Waals surface area contributed by atoms with Gasteiger partial charge in [0.25, 0.3) is 5.91 Å². The highest BCUT2D eigenvalue weighted by Gasteiger charge is 2.26. The van der Waals surface area contributed by atoms with Crippen molar-refractivity contribution in [3.05, 3.63) is 17.0 Å². The average Bonchev–Trinajstić information content (AvgIpc) is 2.83. The third-order valence-electron chi connectivity index (χ3n) is 3.41. The second-order valence-corrected chi connectivity index (χ2v) is 4.50. The Hall–Kier alpha value is -1.40. The molecule has 3 N–H and O–H groups in total. The molecule has 2 aliphatic heterocycles. The summed E-state index contributed by atoms with van der Waals surface area (Å²) in [5.74, 6) is 0.0627. The third kappa shape index (κ3) is 1.94. The maximum absolute atomic E-state index is 12.3. The topological polar surface area (TPSA) is 73.0 Å². The van der Waals surface area contributed by atoms with E-state index < -0.39 is 0 Å². The Morgan fingerprint density at radius 2 is 2.00 bits per heavy atom. The van der Waals surface area contributed by atoms with Crippen LogP contribution in [-0.4, -0.2) is 53.7 Å². The van der Waals surface area contributed by atoms with E-state index in [4.69, 9.17) is 0 Å². The number of H-pyrrole nitrogens is 1. The molecule has 0 unspecified atom stereocenters. The smallest absolute Gasteiger partial charge is 0.274 e. The molecule has 0 atom stereocenters. The van der Waals surface area contributed by atoms with E-state index >= 15 is 0 Å². The molecule has 1 saturated heterocycles. The molecule has 92 valence electrons. The summed E-state index contributed by atoms with van der Waals surface area (Å²) in [5, 5.41) is 13.7. The van der Waals surface area contributed by atoms with E-state index in [-0.39, 0.29) is 5.91 Å². The van der Waals surface area contributed by atoms with Crippen LogP contribution in [0.3, 0.4) is 0 Å². The van der Waals surface area contributed by atoms with Gasteiger partial charge in [0, 0.05) is 56.9 Å². The minimum atomic E-state index is 0.0627. The summed E-state index contributed by atoms with van der Waals surface area (Å²) in [6.07, 6.45) is 0.928. The quantitative estimate of drug-likeness (QED) is 0.590. The van der Waals surface area contributed by atoms with E-state index in [0.717, 1.165) is 56.9 Å². The van der Waals surface area contributed by atoms with Crippen molar-refractivity contribution in [3.8, 4) is 0 Å². The number of aromatic amines is 1. The number of piperazine rings is 1. The van der Waals surface area contributed by atoms with E-state index in [1.807, 2.05) is 4.90 Å². The maximum atomic E-state index is 12.3. The van der Waals surface area contributed by atoms with E-state index in [2.05, 4.69) is 20.8 Å². The number of carbonyl (C=O) groups excluding carboxylic acids is 1. The van der Waals surface area contributed by atoms with Crippen LogP contribution in [0, 0.1) is 0 Å². The second-order valence-electron chi connectivity index (χ2n) is 4.50. The van der Waals surface area contributed by atoms with Gasteiger partial charge in [-0.1, -0.05) is 0 Å². The number of nitrogens with one attached hydrogen (secondary N) is 3. The highest BCUT2D eigenvalue weighted by molar-refractivity contribution is 5.94. The molecule has 3 heterocycles. The summed E-state index contributed by atoms with van der Waals surface area (Å²) in [6, 6.07) is 0. The largest absolute Gasteiger partial charge is 0.335 e. The summed E-state index contributed by atoms with van der Waals surface area (Å²) in [4.78, 5) is 14.2. The fourth-order valence-electron chi connectivity index (χ4n) is 2.42. The van der Waals surface area contributed by atoms with Gasteiger partial charge in [-0.05, 0) is 0 Å². The van der Waals surface area contributed by atoms with Crippen LogP contribution >= 0.6 is 0 Å². The number of rotatable bonds is 1. The number of hydrogen-bond acceptors (Lipinski definition) is 4. The summed E-state index contributed by atoms with van der Waals surface area (Å²) in [5.41, 5.74) is 2.77. The lowest BCUT2D eigenvalue weighted by molar-refractivity contribution is 0.0728. The van der Waals surface area contributed by atoms with Gasteiger partial charge in [0.15, 0.2) is 5.69 Å². The Balaban J connectivity index is 1.83. The van der Waals surface area contributed by atoms with Crippen molar-refractivity contribution in [2.24, 2.45) is 0 Å². The van der Waals surface area contributed by atoms with Crippen LogP contribution in [0.1, 0.15) is 21.7 Å². The molecule has 17 heavy (non-hydrogen) atoms. The van der Waals surface area contributed by atoms with Crippen LogP contribution < -0.4 is 10.6 Å². The fraction of sp³-hybridized carbons (Fsp3) is 0.636. The van der Waals surface area contributed by atoms with E-state index in [9.17, 15) is 4.79 Å². The normalized spacial score (nSPS) is 20.1. The molecule has 1 fully saturated rings. The SMILES string of the molecule is O=C(c1n[nH]c2c1CNCC2)N1CCNCC1. The monoisotopic (exact) mass is 235 g/mol. The van der Waals surface area contributed by atoms with Crippen LogP contribution in [0.4, 0.5) is 0 Å². The lowest BCUT2D eigenvalue weighted by Crippen LogP contribution is -2.46. The molecule has 0 bridgehead atoms. The standard InChI is InChI=1S/C11H17N5O/c17-11(16-5-3-12-4-6-16)10-8-7-13-2-1-9(8)14-15-10/h12-13H,1-7H2,(H,14,15). The Morgan fingerprint density at radius 3 is 2.82 bits per heavy atom. The Morgan fingerprint density at radius 1 is 1.18 bits per heavy atom. The molecule has 6 nitrogen and oxygen atoms in total. The fourth-order valence-corrected chi connectivity index (χ4v) is 2.42. The first-order chi connectivity index (χ1) is 8.36. The first kappa shape index (κ1) is 10.7. The number of amides is 1.